The molecule has 1 unspecified atom stereocenters. The van der Waals surface area contributed by atoms with Gasteiger partial charge in [0.15, 0.2) is 0 Å². The molecule has 0 fully saturated rings. The van der Waals surface area contributed by atoms with E-state index in [-0.39, 0.29) is 5.56 Å². The van der Waals surface area contributed by atoms with Crippen LogP contribution in [-0.4, -0.2) is 19.7 Å². The third-order valence-corrected chi connectivity index (χ3v) is 2.46. The van der Waals surface area contributed by atoms with Crippen LogP contribution in [0.5, 0.6) is 0 Å². The Morgan fingerprint density at radius 1 is 1.43 bits per heavy atom. The zero-order valence-corrected chi connectivity index (χ0v) is 7.78. The van der Waals surface area contributed by atoms with Crippen molar-refractivity contribution in [3.05, 3.63) is 40.9 Å². The average Bonchev–Trinajstić information content (AvgIpc) is 2.70. The van der Waals surface area contributed by atoms with E-state index in [1.54, 1.807) is 0 Å². The van der Waals surface area contributed by atoms with Crippen molar-refractivity contribution < 1.29 is 9.50 Å². The van der Waals surface area contributed by atoms with Crippen molar-refractivity contribution in [1.82, 2.24) is 14.6 Å². The normalized spacial score (nSPS) is 12.7. The zero-order chi connectivity index (χ0) is 9.97. The summed E-state index contributed by atoms with van der Waals surface area (Å²) in [5, 5.41) is 13.3. The van der Waals surface area contributed by atoms with Crippen LogP contribution in [0.15, 0.2) is 24.7 Å². The highest BCUT2D eigenvalue weighted by Gasteiger charge is 2.16. The van der Waals surface area contributed by atoms with Crippen LogP contribution in [0.4, 0.5) is 4.39 Å². The average molecular weight is 211 g/mol. The summed E-state index contributed by atoms with van der Waals surface area (Å²) in [5.41, 5.74) is 0.186. The maximum atomic E-state index is 13.2. The van der Waals surface area contributed by atoms with Crippen molar-refractivity contribution in [2.45, 2.75) is 6.10 Å². The van der Waals surface area contributed by atoms with Gasteiger partial charge in [-0.1, -0.05) is 4.49 Å². The first kappa shape index (κ1) is 9.17. The number of aliphatic hydroxyl groups excluding tert-OH is 1. The minimum absolute atomic E-state index is 0.186. The van der Waals surface area contributed by atoms with Crippen LogP contribution in [0.2, 0.25) is 0 Å². The highest BCUT2D eigenvalue weighted by molar-refractivity contribution is 7.05. The van der Waals surface area contributed by atoms with Gasteiger partial charge < -0.3 is 5.11 Å². The van der Waals surface area contributed by atoms with Gasteiger partial charge in [-0.2, -0.15) is 0 Å². The molecule has 0 radical (unpaired) electrons. The number of pyridine rings is 1. The minimum Gasteiger partial charge on any atom is -0.383 e. The molecule has 1 atom stereocenters. The first-order chi connectivity index (χ1) is 6.79. The molecule has 0 aliphatic carbocycles. The maximum absolute atomic E-state index is 13.2. The summed E-state index contributed by atoms with van der Waals surface area (Å²) in [5.74, 6) is -0.534. The summed E-state index contributed by atoms with van der Waals surface area (Å²) in [6.07, 6.45) is 2.89. The lowest BCUT2D eigenvalue weighted by molar-refractivity contribution is 0.218. The van der Waals surface area contributed by atoms with E-state index in [9.17, 15) is 9.50 Å². The number of rotatable bonds is 2. The minimum atomic E-state index is -1.02. The molecule has 2 aromatic rings. The van der Waals surface area contributed by atoms with E-state index in [0.29, 0.717) is 4.88 Å². The van der Waals surface area contributed by atoms with Gasteiger partial charge in [-0.15, -0.1) is 5.10 Å². The van der Waals surface area contributed by atoms with Crippen LogP contribution in [-0.2, 0) is 0 Å². The molecule has 0 aliphatic heterocycles. The first-order valence-corrected chi connectivity index (χ1v) is 4.61. The molecule has 0 spiro atoms. The van der Waals surface area contributed by atoms with Crippen molar-refractivity contribution in [3.8, 4) is 0 Å². The Morgan fingerprint density at radius 2 is 2.29 bits per heavy atom. The molecular weight excluding hydrogens is 205 g/mol. The van der Waals surface area contributed by atoms with E-state index >= 15 is 0 Å². The predicted molar refractivity (Wildman–Crippen MR) is 48.2 cm³/mol. The van der Waals surface area contributed by atoms with Gasteiger partial charge in [-0.3, -0.25) is 4.98 Å². The number of aliphatic hydroxyl groups is 1. The Hall–Kier alpha value is -1.40. The lowest BCUT2D eigenvalue weighted by Crippen LogP contribution is -2.00. The van der Waals surface area contributed by atoms with Gasteiger partial charge >= 0.3 is 0 Å². The summed E-state index contributed by atoms with van der Waals surface area (Å²) in [6.45, 7) is 0. The molecule has 2 rings (SSSR count). The number of halogens is 1. The second kappa shape index (κ2) is 3.77. The van der Waals surface area contributed by atoms with E-state index in [1.807, 2.05) is 0 Å². The van der Waals surface area contributed by atoms with Gasteiger partial charge in [0.05, 0.1) is 17.3 Å². The second-order valence-corrected chi connectivity index (χ2v) is 3.44. The number of hydrogen-bond donors (Lipinski definition) is 1. The lowest BCUT2D eigenvalue weighted by atomic mass is 10.1. The van der Waals surface area contributed by atoms with Crippen molar-refractivity contribution in [1.29, 1.82) is 0 Å². The molecule has 2 heterocycles. The zero-order valence-electron chi connectivity index (χ0n) is 6.96. The lowest BCUT2D eigenvalue weighted by Gasteiger charge is -2.07. The van der Waals surface area contributed by atoms with Gasteiger partial charge in [0, 0.05) is 11.8 Å². The fourth-order valence-electron chi connectivity index (χ4n) is 1.06. The van der Waals surface area contributed by atoms with E-state index < -0.39 is 11.9 Å². The first-order valence-electron chi connectivity index (χ1n) is 3.84. The largest absolute Gasteiger partial charge is 0.383 e. The monoisotopic (exact) mass is 211 g/mol. The molecular formula is C8H6FN3OS. The maximum Gasteiger partial charge on any atom is 0.147 e. The fourth-order valence-corrected chi connectivity index (χ4v) is 1.57. The third kappa shape index (κ3) is 1.61. The Labute approximate surface area is 83.2 Å². The molecule has 0 saturated heterocycles. The summed E-state index contributed by atoms with van der Waals surface area (Å²) in [7, 11) is 0. The van der Waals surface area contributed by atoms with E-state index in [0.717, 1.165) is 17.7 Å². The van der Waals surface area contributed by atoms with Crippen LogP contribution >= 0.6 is 11.5 Å². The fraction of sp³-hybridized carbons (Fsp3) is 0.125. The van der Waals surface area contributed by atoms with Crippen molar-refractivity contribution in [2.24, 2.45) is 0 Å². The third-order valence-electron chi connectivity index (χ3n) is 1.75. The highest BCUT2D eigenvalue weighted by atomic mass is 32.1. The van der Waals surface area contributed by atoms with E-state index in [1.165, 1.54) is 18.5 Å². The predicted octanol–water partition coefficient (Wildman–Crippen LogP) is 1.15. The smallest absolute Gasteiger partial charge is 0.147 e. The van der Waals surface area contributed by atoms with E-state index in [2.05, 4.69) is 14.6 Å². The molecule has 0 saturated carbocycles. The molecule has 0 amide bonds. The van der Waals surface area contributed by atoms with Crippen molar-refractivity contribution in [3.63, 3.8) is 0 Å². The standard InChI is InChI=1S/C8H6FN3OS/c9-6-3-10-2-1-5(6)8(13)7-4-11-12-14-7/h1-4,8,13H. The molecule has 0 bridgehead atoms. The number of aromatic nitrogens is 3. The van der Waals surface area contributed by atoms with Gasteiger partial charge in [0.25, 0.3) is 0 Å². The molecule has 1 N–H and O–H groups in total. The highest BCUT2D eigenvalue weighted by Crippen LogP contribution is 2.24. The molecule has 4 nitrogen and oxygen atoms in total. The molecule has 0 aromatic carbocycles. The Balaban J connectivity index is 2.37. The second-order valence-electron chi connectivity index (χ2n) is 2.62. The Bertz CT molecular complexity index is 420. The quantitative estimate of drug-likeness (QED) is 0.809. The molecule has 2 aromatic heterocycles. The van der Waals surface area contributed by atoms with Crippen LogP contribution in [0, 0.1) is 5.82 Å². The van der Waals surface area contributed by atoms with E-state index in [4.69, 9.17) is 0 Å². The van der Waals surface area contributed by atoms with Gasteiger partial charge in [-0.05, 0) is 17.6 Å². The molecule has 0 aliphatic rings. The van der Waals surface area contributed by atoms with Crippen LogP contribution in [0.25, 0.3) is 0 Å². The van der Waals surface area contributed by atoms with Crippen LogP contribution < -0.4 is 0 Å². The summed E-state index contributed by atoms with van der Waals surface area (Å²) in [4.78, 5) is 4.10. The summed E-state index contributed by atoms with van der Waals surface area (Å²) >= 11 is 1.04. The van der Waals surface area contributed by atoms with Crippen LogP contribution in [0.3, 0.4) is 0 Å². The summed E-state index contributed by atoms with van der Waals surface area (Å²) < 4.78 is 16.8. The number of nitrogens with zero attached hydrogens (tertiary/aromatic N) is 3. The summed E-state index contributed by atoms with van der Waals surface area (Å²) in [6, 6.07) is 1.43. The molecule has 14 heavy (non-hydrogen) atoms. The Morgan fingerprint density at radius 3 is 2.93 bits per heavy atom. The molecule has 6 heteroatoms. The Kier molecular flexibility index (Phi) is 2.47. The topological polar surface area (TPSA) is 58.9 Å². The number of hydrogen-bond acceptors (Lipinski definition) is 5. The van der Waals surface area contributed by atoms with Crippen molar-refractivity contribution in [2.75, 3.05) is 0 Å². The van der Waals surface area contributed by atoms with Crippen molar-refractivity contribution >= 4 is 11.5 Å². The van der Waals surface area contributed by atoms with Gasteiger partial charge in [0.2, 0.25) is 0 Å². The molecule has 72 valence electrons. The SMILES string of the molecule is OC(c1cnns1)c1ccncc1F. The van der Waals surface area contributed by atoms with Gasteiger partial charge in [0.1, 0.15) is 11.9 Å². The van der Waals surface area contributed by atoms with Crippen LogP contribution in [0.1, 0.15) is 16.5 Å². The van der Waals surface area contributed by atoms with Gasteiger partial charge in [-0.25, -0.2) is 4.39 Å².